The summed E-state index contributed by atoms with van der Waals surface area (Å²) < 4.78 is 17.1. The monoisotopic (exact) mass is 590 g/mol. The number of hydrogen-bond acceptors (Lipinski definition) is 8. The van der Waals surface area contributed by atoms with Gasteiger partial charge in [0.15, 0.2) is 0 Å². The van der Waals surface area contributed by atoms with Crippen molar-refractivity contribution in [2.75, 3.05) is 60.1 Å². The largest absolute Gasteiger partial charge is 0.784 e. The van der Waals surface area contributed by atoms with Gasteiger partial charge in [0, 0.05) is 55.3 Å². The van der Waals surface area contributed by atoms with Crippen molar-refractivity contribution in [2.45, 2.75) is 48.9 Å². The van der Waals surface area contributed by atoms with Crippen molar-refractivity contribution in [1.82, 2.24) is 14.9 Å². The standard InChI is InChI=1S/C34H44N3O4S/c1-26-30-11-5-8-14-33(30)42-34(2,37(26)38)31-12-6-7-13-32(31)41-22-10-9-16-35-18-20-36(21-19-35)17-15-27-23-28(39-3)25-29(24-27)40-4/h5-8,11-14,23-26H,9-10,15-22H2,1-4H3/q-1. The number of hydroxylamine groups is 2. The summed E-state index contributed by atoms with van der Waals surface area (Å²) in [6.07, 6.45) is 3.06. The average molecular weight is 591 g/mol. The molecule has 5 rings (SSSR count). The molecule has 2 unspecified atom stereocenters. The van der Waals surface area contributed by atoms with Crippen LogP contribution in [0.25, 0.3) is 0 Å². The lowest BCUT2D eigenvalue weighted by Gasteiger charge is -2.53. The molecule has 0 radical (unpaired) electrons. The Morgan fingerprint density at radius 1 is 0.857 bits per heavy atom. The molecule has 1 saturated heterocycles. The summed E-state index contributed by atoms with van der Waals surface area (Å²) in [4.78, 5) is 5.52. The van der Waals surface area contributed by atoms with E-state index in [-0.39, 0.29) is 6.04 Å². The van der Waals surface area contributed by atoms with Gasteiger partial charge >= 0.3 is 0 Å². The number of unbranched alkanes of at least 4 members (excludes halogenated alkanes) is 1. The van der Waals surface area contributed by atoms with Crippen LogP contribution in [0.3, 0.4) is 0 Å². The SMILES string of the molecule is COc1cc(CCN2CCN(CCCCOc3ccccc3C3(C)Sc4ccccc4C(C)N3[O-])CC2)cc(OC)c1. The fraction of sp³-hybridized carbons (Fsp3) is 0.471. The van der Waals surface area contributed by atoms with Gasteiger partial charge in [0.25, 0.3) is 0 Å². The van der Waals surface area contributed by atoms with Gasteiger partial charge in [-0.25, -0.2) is 0 Å². The lowest BCUT2D eigenvalue weighted by atomic mass is 10.0. The van der Waals surface area contributed by atoms with E-state index in [1.807, 2.05) is 56.3 Å². The van der Waals surface area contributed by atoms with Gasteiger partial charge in [-0.2, -0.15) is 0 Å². The van der Waals surface area contributed by atoms with Crippen LogP contribution in [0.1, 0.15) is 49.4 Å². The maximum Gasteiger partial charge on any atom is 0.125 e. The zero-order chi connectivity index (χ0) is 29.5. The molecule has 2 atom stereocenters. The van der Waals surface area contributed by atoms with Crippen molar-refractivity contribution in [2.24, 2.45) is 0 Å². The molecule has 0 N–H and O–H groups in total. The molecule has 0 amide bonds. The number of para-hydroxylation sites is 1. The van der Waals surface area contributed by atoms with Gasteiger partial charge in [0.05, 0.1) is 25.7 Å². The minimum atomic E-state index is -0.747. The Bertz CT molecular complexity index is 1290. The Kier molecular flexibility index (Phi) is 10.3. The number of nitrogens with zero attached hydrogens (tertiary/aromatic N) is 3. The van der Waals surface area contributed by atoms with E-state index in [9.17, 15) is 5.21 Å². The first-order valence-corrected chi connectivity index (χ1v) is 15.9. The van der Waals surface area contributed by atoms with Crippen LogP contribution in [-0.2, 0) is 11.3 Å². The molecule has 8 heteroatoms. The van der Waals surface area contributed by atoms with Crippen molar-refractivity contribution in [1.29, 1.82) is 0 Å². The van der Waals surface area contributed by atoms with Gasteiger partial charge in [-0.3, -0.25) is 0 Å². The number of ether oxygens (including phenoxy) is 3. The van der Waals surface area contributed by atoms with E-state index in [4.69, 9.17) is 14.2 Å². The van der Waals surface area contributed by atoms with Gasteiger partial charge in [0.2, 0.25) is 0 Å². The summed E-state index contributed by atoms with van der Waals surface area (Å²) in [6.45, 7) is 11.2. The third-order valence-corrected chi connectivity index (χ3v) is 9.95. The third kappa shape index (κ3) is 7.06. The van der Waals surface area contributed by atoms with Crippen LogP contribution in [0.5, 0.6) is 17.2 Å². The second-order valence-electron chi connectivity index (χ2n) is 11.3. The first kappa shape index (κ1) is 30.7. The minimum absolute atomic E-state index is 0.216. The molecule has 0 bridgehead atoms. The van der Waals surface area contributed by atoms with Gasteiger partial charge in [-0.1, -0.05) is 48.2 Å². The summed E-state index contributed by atoms with van der Waals surface area (Å²) in [7, 11) is 3.39. The zero-order valence-corrected chi connectivity index (χ0v) is 26.2. The molecule has 1 fully saturated rings. The fourth-order valence-corrected chi connectivity index (χ4v) is 7.43. The van der Waals surface area contributed by atoms with Crippen molar-refractivity contribution < 1.29 is 14.2 Å². The highest BCUT2D eigenvalue weighted by Crippen LogP contribution is 2.54. The summed E-state index contributed by atoms with van der Waals surface area (Å²) in [5.74, 6) is 2.50. The molecule has 0 spiro atoms. The Labute approximate surface area is 255 Å². The van der Waals surface area contributed by atoms with Crippen molar-refractivity contribution in [3.8, 4) is 17.2 Å². The number of thioether (sulfide) groups is 1. The normalized spacial score (nSPS) is 21.6. The quantitative estimate of drug-likeness (QED) is 0.220. The Morgan fingerprint density at radius 2 is 1.50 bits per heavy atom. The average Bonchev–Trinajstić information content (AvgIpc) is 3.03. The van der Waals surface area contributed by atoms with Crippen LogP contribution < -0.4 is 14.2 Å². The van der Waals surface area contributed by atoms with Crippen LogP contribution >= 0.6 is 11.8 Å². The lowest BCUT2D eigenvalue weighted by molar-refractivity contribution is 0.130. The van der Waals surface area contributed by atoms with E-state index in [2.05, 4.69) is 34.1 Å². The van der Waals surface area contributed by atoms with Crippen molar-refractivity contribution in [3.63, 3.8) is 0 Å². The van der Waals surface area contributed by atoms with Crippen LogP contribution in [0.4, 0.5) is 0 Å². The van der Waals surface area contributed by atoms with Gasteiger partial charge in [-0.05, 0) is 75.0 Å². The van der Waals surface area contributed by atoms with Crippen LogP contribution in [0, 0.1) is 5.21 Å². The molecule has 0 aromatic heterocycles. The maximum absolute atomic E-state index is 13.5. The molecule has 226 valence electrons. The summed E-state index contributed by atoms with van der Waals surface area (Å²) >= 11 is 1.62. The predicted octanol–water partition coefficient (Wildman–Crippen LogP) is 6.56. The van der Waals surface area contributed by atoms with Crippen LogP contribution in [0.15, 0.2) is 71.6 Å². The molecule has 2 heterocycles. The zero-order valence-electron chi connectivity index (χ0n) is 25.4. The highest BCUT2D eigenvalue weighted by Gasteiger charge is 2.39. The number of piperazine rings is 1. The second kappa shape index (κ2) is 14.1. The van der Waals surface area contributed by atoms with Gasteiger partial charge in [0.1, 0.15) is 17.2 Å². The minimum Gasteiger partial charge on any atom is -0.784 e. The highest BCUT2D eigenvalue weighted by molar-refractivity contribution is 8.00. The van der Waals surface area contributed by atoms with Gasteiger partial charge in [-0.15, -0.1) is 0 Å². The fourth-order valence-electron chi connectivity index (χ4n) is 5.98. The van der Waals surface area contributed by atoms with Gasteiger partial charge < -0.3 is 34.3 Å². The highest BCUT2D eigenvalue weighted by atomic mass is 32.2. The molecule has 3 aromatic rings. The van der Waals surface area contributed by atoms with Crippen LogP contribution in [0.2, 0.25) is 0 Å². The Morgan fingerprint density at radius 3 is 2.21 bits per heavy atom. The van der Waals surface area contributed by atoms with Crippen molar-refractivity contribution in [3.05, 3.63) is 88.6 Å². The predicted molar refractivity (Wildman–Crippen MR) is 171 cm³/mol. The molecular weight excluding hydrogens is 546 g/mol. The molecule has 3 aromatic carbocycles. The van der Waals surface area contributed by atoms with E-state index in [1.165, 1.54) is 10.6 Å². The number of rotatable bonds is 12. The summed E-state index contributed by atoms with van der Waals surface area (Å²) in [5.41, 5.74) is 3.27. The number of benzene rings is 3. The molecule has 0 aliphatic carbocycles. The third-order valence-electron chi connectivity index (χ3n) is 8.56. The smallest absolute Gasteiger partial charge is 0.125 e. The van der Waals surface area contributed by atoms with E-state index in [0.717, 1.165) is 91.8 Å². The number of fused-ring (bicyclic) bond motifs is 1. The lowest BCUT2D eigenvalue weighted by Crippen LogP contribution is -2.47. The van der Waals surface area contributed by atoms with Crippen LogP contribution in [-0.4, -0.2) is 75.0 Å². The van der Waals surface area contributed by atoms with Crippen molar-refractivity contribution >= 4 is 11.8 Å². The Hall–Kier alpha value is -2.75. The molecular formula is C34H44N3O4S-. The first-order chi connectivity index (χ1) is 20.4. The number of hydrogen-bond donors (Lipinski definition) is 0. The Balaban J connectivity index is 1.06. The topological polar surface area (TPSA) is 60.5 Å². The first-order valence-electron chi connectivity index (χ1n) is 15.0. The number of methoxy groups -OCH3 is 2. The van der Waals surface area contributed by atoms with E-state index in [0.29, 0.717) is 6.61 Å². The molecule has 2 aliphatic rings. The second-order valence-corrected chi connectivity index (χ2v) is 12.8. The van der Waals surface area contributed by atoms with E-state index in [1.54, 1.807) is 26.0 Å². The molecule has 42 heavy (non-hydrogen) atoms. The van der Waals surface area contributed by atoms with E-state index < -0.39 is 4.87 Å². The molecule has 2 aliphatic heterocycles. The van der Waals surface area contributed by atoms with E-state index >= 15 is 0 Å². The maximum atomic E-state index is 13.5. The summed E-state index contributed by atoms with van der Waals surface area (Å²) in [6, 6.07) is 22.2. The summed E-state index contributed by atoms with van der Waals surface area (Å²) in [5, 5.41) is 14.8. The molecule has 0 saturated carbocycles. The molecule has 7 nitrogen and oxygen atoms in total.